The molecule has 0 bridgehead atoms. The summed E-state index contributed by atoms with van der Waals surface area (Å²) in [5, 5.41) is 11.7. The second-order valence-corrected chi connectivity index (χ2v) is 5.93. The van der Waals surface area contributed by atoms with E-state index in [0.29, 0.717) is 19.7 Å². The summed E-state index contributed by atoms with van der Waals surface area (Å²) >= 11 is 0. The highest BCUT2D eigenvalue weighted by Gasteiger charge is 2.31. The van der Waals surface area contributed by atoms with E-state index in [1.807, 2.05) is 27.7 Å². The fourth-order valence-electron chi connectivity index (χ4n) is 2.08. The van der Waals surface area contributed by atoms with Gasteiger partial charge in [0.2, 0.25) is 0 Å². The first-order chi connectivity index (χ1) is 8.71. The van der Waals surface area contributed by atoms with Gasteiger partial charge >= 0.3 is 12.0 Å². The molecule has 2 amide bonds. The zero-order chi connectivity index (χ0) is 14.6. The van der Waals surface area contributed by atoms with Gasteiger partial charge in [0.05, 0.1) is 25.2 Å². The van der Waals surface area contributed by atoms with Gasteiger partial charge in [-0.3, -0.25) is 4.79 Å². The predicted octanol–water partition coefficient (Wildman–Crippen LogP) is 1.31. The fraction of sp³-hybridized carbons (Fsp3) is 0.846. The van der Waals surface area contributed by atoms with Gasteiger partial charge in [0, 0.05) is 12.6 Å². The van der Waals surface area contributed by atoms with Crippen LogP contribution in [0.2, 0.25) is 0 Å². The third-order valence-corrected chi connectivity index (χ3v) is 3.22. The number of carbonyl (C=O) groups excluding carboxylic acids is 1. The average molecular weight is 272 g/mol. The van der Waals surface area contributed by atoms with Gasteiger partial charge in [0.25, 0.3) is 0 Å². The number of urea groups is 1. The Morgan fingerprint density at radius 1 is 1.42 bits per heavy atom. The minimum Gasteiger partial charge on any atom is -0.481 e. The highest BCUT2D eigenvalue weighted by atomic mass is 16.5. The van der Waals surface area contributed by atoms with Crippen molar-refractivity contribution in [1.29, 1.82) is 0 Å². The molecule has 0 aromatic heterocycles. The van der Waals surface area contributed by atoms with Crippen molar-refractivity contribution in [2.75, 3.05) is 19.7 Å². The van der Waals surface area contributed by atoms with Crippen molar-refractivity contribution in [3.05, 3.63) is 0 Å². The van der Waals surface area contributed by atoms with Crippen LogP contribution < -0.4 is 5.32 Å². The zero-order valence-corrected chi connectivity index (χ0v) is 12.1. The lowest BCUT2D eigenvalue weighted by molar-refractivity contribution is -0.137. The van der Waals surface area contributed by atoms with E-state index < -0.39 is 5.97 Å². The first-order valence-corrected chi connectivity index (χ1v) is 6.62. The Morgan fingerprint density at radius 3 is 2.53 bits per heavy atom. The van der Waals surface area contributed by atoms with Crippen LogP contribution in [0, 0.1) is 5.92 Å². The van der Waals surface area contributed by atoms with Gasteiger partial charge in [0.1, 0.15) is 0 Å². The molecule has 2 N–H and O–H groups in total. The van der Waals surface area contributed by atoms with Gasteiger partial charge in [-0.15, -0.1) is 0 Å². The van der Waals surface area contributed by atoms with E-state index in [9.17, 15) is 9.59 Å². The van der Waals surface area contributed by atoms with Crippen LogP contribution in [0.15, 0.2) is 0 Å². The summed E-state index contributed by atoms with van der Waals surface area (Å²) in [6.45, 7) is 9.22. The quantitative estimate of drug-likeness (QED) is 0.808. The van der Waals surface area contributed by atoms with E-state index in [4.69, 9.17) is 9.84 Å². The molecular weight excluding hydrogens is 248 g/mol. The van der Waals surface area contributed by atoms with Crippen LogP contribution in [0.25, 0.3) is 0 Å². The van der Waals surface area contributed by atoms with E-state index in [2.05, 4.69) is 5.32 Å². The summed E-state index contributed by atoms with van der Waals surface area (Å²) in [5.41, 5.74) is -0.351. The van der Waals surface area contributed by atoms with Gasteiger partial charge in [-0.25, -0.2) is 4.79 Å². The smallest absolute Gasteiger partial charge is 0.317 e. The van der Waals surface area contributed by atoms with Crippen molar-refractivity contribution in [1.82, 2.24) is 10.2 Å². The van der Waals surface area contributed by atoms with Crippen molar-refractivity contribution >= 4 is 12.0 Å². The molecule has 0 aromatic carbocycles. The molecule has 0 aliphatic carbocycles. The van der Waals surface area contributed by atoms with Crippen LogP contribution >= 0.6 is 0 Å². The minimum atomic E-state index is -0.902. The summed E-state index contributed by atoms with van der Waals surface area (Å²) in [4.78, 5) is 24.6. The molecule has 1 fully saturated rings. The number of hydrogen-bond donors (Lipinski definition) is 2. The number of nitrogens with zero attached hydrogens (tertiary/aromatic N) is 1. The molecule has 19 heavy (non-hydrogen) atoms. The van der Waals surface area contributed by atoms with Crippen LogP contribution in [-0.2, 0) is 9.53 Å². The molecule has 6 heteroatoms. The van der Waals surface area contributed by atoms with Crippen LogP contribution in [0.5, 0.6) is 0 Å². The lowest BCUT2D eigenvalue weighted by Crippen LogP contribution is -2.55. The molecule has 0 aromatic rings. The Labute approximate surface area is 114 Å². The SMILES string of the molecule is CC(C)C(CC(=O)O)NC(=O)N1CCOC(C)(C)C1. The molecule has 0 spiro atoms. The monoisotopic (exact) mass is 272 g/mol. The number of nitrogens with one attached hydrogen (secondary N) is 1. The van der Waals surface area contributed by atoms with Gasteiger partial charge in [-0.1, -0.05) is 13.8 Å². The molecule has 1 unspecified atom stereocenters. The van der Waals surface area contributed by atoms with Crippen LogP contribution in [0.4, 0.5) is 4.79 Å². The van der Waals surface area contributed by atoms with Crippen LogP contribution in [-0.4, -0.2) is 53.3 Å². The van der Waals surface area contributed by atoms with Crippen LogP contribution in [0.3, 0.4) is 0 Å². The summed E-state index contributed by atoms with van der Waals surface area (Å²) in [5.74, 6) is -0.824. The lowest BCUT2D eigenvalue weighted by Gasteiger charge is -2.38. The highest BCUT2D eigenvalue weighted by Crippen LogP contribution is 2.17. The second-order valence-electron chi connectivity index (χ2n) is 5.93. The van der Waals surface area contributed by atoms with Gasteiger partial charge < -0.3 is 20.1 Å². The van der Waals surface area contributed by atoms with Crippen molar-refractivity contribution in [2.45, 2.75) is 45.8 Å². The molecule has 1 heterocycles. The van der Waals surface area contributed by atoms with Crippen molar-refractivity contribution in [3.8, 4) is 0 Å². The molecule has 1 aliphatic heterocycles. The molecule has 1 atom stereocenters. The molecule has 0 saturated carbocycles. The Balaban J connectivity index is 2.59. The third kappa shape index (κ3) is 5.06. The van der Waals surface area contributed by atoms with E-state index in [0.717, 1.165) is 0 Å². The number of rotatable bonds is 4. The molecule has 1 rings (SSSR count). The summed E-state index contributed by atoms with van der Waals surface area (Å²) in [6.07, 6.45) is -0.0584. The lowest BCUT2D eigenvalue weighted by atomic mass is 10.0. The number of morpholine rings is 1. The third-order valence-electron chi connectivity index (χ3n) is 3.22. The standard InChI is InChI=1S/C13H24N2O4/c1-9(2)10(7-11(16)17)14-12(18)15-5-6-19-13(3,4)8-15/h9-10H,5-8H2,1-4H3,(H,14,18)(H,16,17). The van der Waals surface area contributed by atoms with Crippen molar-refractivity contribution < 1.29 is 19.4 Å². The Morgan fingerprint density at radius 2 is 2.05 bits per heavy atom. The molecule has 1 aliphatic rings. The fourth-order valence-corrected chi connectivity index (χ4v) is 2.08. The normalized spacial score (nSPS) is 20.2. The predicted molar refractivity (Wildman–Crippen MR) is 71.0 cm³/mol. The van der Waals surface area contributed by atoms with Gasteiger partial charge in [-0.2, -0.15) is 0 Å². The maximum atomic E-state index is 12.1. The molecule has 6 nitrogen and oxygen atoms in total. The highest BCUT2D eigenvalue weighted by molar-refractivity contribution is 5.76. The number of aliphatic carboxylic acids is 1. The number of ether oxygens (including phenoxy) is 1. The first kappa shape index (κ1) is 15.8. The van der Waals surface area contributed by atoms with E-state index >= 15 is 0 Å². The summed E-state index contributed by atoms with van der Waals surface area (Å²) in [7, 11) is 0. The molecule has 110 valence electrons. The maximum Gasteiger partial charge on any atom is 0.317 e. The van der Waals surface area contributed by atoms with Gasteiger partial charge in [0.15, 0.2) is 0 Å². The zero-order valence-electron chi connectivity index (χ0n) is 12.1. The summed E-state index contributed by atoms with van der Waals surface area (Å²) < 4.78 is 5.55. The number of amides is 2. The van der Waals surface area contributed by atoms with E-state index in [-0.39, 0.29) is 30.0 Å². The largest absolute Gasteiger partial charge is 0.481 e. The number of hydrogen-bond acceptors (Lipinski definition) is 3. The van der Waals surface area contributed by atoms with E-state index in [1.54, 1.807) is 4.90 Å². The number of carboxylic acids is 1. The summed E-state index contributed by atoms with van der Waals surface area (Å²) in [6, 6.07) is -0.563. The second kappa shape index (κ2) is 6.23. The maximum absolute atomic E-state index is 12.1. The Kier molecular flexibility index (Phi) is 5.17. The van der Waals surface area contributed by atoms with Crippen LogP contribution in [0.1, 0.15) is 34.1 Å². The Hall–Kier alpha value is -1.30. The number of carboxylic acid groups (broad SMARTS) is 1. The molecular formula is C13H24N2O4. The topological polar surface area (TPSA) is 78.9 Å². The van der Waals surface area contributed by atoms with E-state index in [1.165, 1.54) is 0 Å². The molecule has 1 saturated heterocycles. The number of carbonyl (C=O) groups is 2. The van der Waals surface area contributed by atoms with Crippen molar-refractivity contribution in [2.24, 2.45) is 5.92 Å². The first-order valence-electron chi connectivity index (χ1n) is 6.62. The average Bonchev–Trinajstić information content (AvgIpc) is 2.25. The van der Waals surface area contributed by atoms with Gasteiger partial charge in [-0.05, 0) is 19.8 Å². The molecule has 0 radical (unpaired) electrons. The minimum absolute atomic E-state index is 0.0584. The Bertz CT molecular complexity index is 342. The van der Waals surface area contributed by atoms with Crippen molar-refractivity contribution in [3.63, 3.8) is 0 Å².